The van der Waals surface area contributed by atoms with Crippen LogP contribution in [0, 0.1) is 0 Å². The zero-order chi connectivity index (χ0) is 28.2. The number of nitrogens with zero attached hydrogens (tertiary/aromatic N) is 2. The van der Waals surface area contributed by atoms with E-state index in [0.29, 0.717) is 0 Å². The van der Waals surface area contributed by atoms with E-state index in [0.717, 1.165) is 47.3 Å². The molecule has 0 aliphatic carbocycles. The number of hydrogen-bond acceptors (Lipinski definition) is 4. The minimum absolute atomic E-state index is 0.0371. The lowest BCUT2D eigenvalue weighted by molar-refractivity contribution is -0.123. The molecule has 1 unspecified atom stereocenters. The van der Waals surface area contributed by atoms with Crippen molar-refractivity contribution in [2.24, 2.45) is 0 Å². The van der Waals surface area contributed by atoms with Gasteiger partial charge in [0, 0.05) is 19.9 Å². The average molecular weight is 554 g/mol. The van der Waals surface area contributed by atoms with Crippen LogP contribution < -0.4 is 9.80 Å². The predicted octanol–water partition coefficient (Wildman–Crippen LogP) is 6.58. The van der Waals surface area contributed by atoms with Crippen molar-refractivity contribution in [1.82, 2.24) is 0 Å². The van der Waals surface area contributed by atoms with Gasteiger partial charge in [-0.1, -0.05) is 57.2 Å². The normalized spacial score (nSPS) is 11.8. The van der Waals surface area contributed by atoms with E-state index in [4.69, 9.17) is 32.7 Å². The first-order valence-electron chi connectivity index (χ1n) is 12.6. The standard InChI is InChI=1S/C15H22ClNO2.C14H20ClNO2/c1-6-12-9-7-8-10-13(12)17(14(18)11(2)16)15(3,4)19-5;1-4-11-7-6-8-12(5-2)14(11)16(10-18-3)13(17)9-15/h7-11H,6H2,1-5H3;6-8H,4-5,9-10H2,1-3H3. The molecule has 2 aromatic rings. The fraction of sp³-hybridized carbons (Fsp3) is 0.517. The Bertz CT molecular complexity index is 989. The molecular weight excluding hydrogens is 511 g/mol. The highest BCUT2D eigenvalue weighted by molar-refractivity contribution is 6.32. The summed E-state index contributed by atoms with van der Waals surface area (Å²) in [5, 5.41) is -0.598. The number of amides is 2. The molecule has 2 aromatic carbocycles. The van der Waals surface area contributed by atoms with Crippen molar-refractivity contribution in [3.05, 3.63) is 59.2 Å². The Balaban J connectivity index is 0.000000371. The topological polar surface area (TPSA) is 59.1 Å². The van der Waals surface area contributed by atoms with Crippen molar-refractivity contribution in [2.75, 3.05) is 36.6 Å². The molecular formula is C29H42Cl2N2O4. The number of rotatable bonds is 11. The lowest BCUT2D eigenvalue weighted by Crippen LogP contribution is -2.52. The summed E-state index contributed by atoms with van der Waals surface area (Å²) in [7, 11) is 3.17. The number of alkyl halides is 2. The molecule has 206 valence electrons. The molecule has 0 bridgehead atoms. The van der Waals surface area contributed by atoms with Crippen LogP contribution in [0.1, 0.15) is 58.2 Å². The summed E-state index contributed by atoms with van der Waals surface area (Å²) in [5.74, 6) is -0.326. The number of carbonyl (C=O) groups is 2. The molecule has 1 atom stereocenters. The van der Waals surface area contributed by atoms with Gasteiger partial charge in [-0.15, -0.1) is 23.2 Å². The third-order valence-electron chi connectivity index (χ3n) is 6.12. The monoisotopic (exact) mass is 552 g/mol. The van der Waals surface area contributed by atoms with Crippen LogP contribution >= 0.6 is 23.2 Å². The maximum atomic E-state index is 12.4. The molecule has 0 aliphatic heterocycles. The molecule has 6 nitrogen and oxygen atoms in total. The summed E-state index contributed by atoms with van der Waals surface area (Å²) in [4.78, 5) is 27.7. The van der Waals surface area contributed by atoms with Gasteiger partial charge in [0.1, 0.15) is 23.7 Å². The van der Waals surface area contributed by atoms with Gasteiger partial charge in [-0.05, 0) is 62.8 Å². The summed E-state index contributed by atoms with van der Waals surface area (Å²) < 4.78 is 10.6. The third-order valence-corrected chi connectivity index (χ3v) is 6.54. The fourth-order valence-electron chi connectivity index (χ4n) is 4.00. The van der Waals surface area contributed by atoms with Crippen molar-refractivity contribution in [2.45, 2.75) is 71.9 Å². The Labute approximate surface area is 232 Å². The van der Waals surface area contributed by atoms with Gasteiger partial charge in [-0.2, -0.15) is 0 Å². The van der Waals surface area contributed by atoms with E-state index in [1.165, 1.54) is 0 Å². The first kappa shape index (κ1) is 32.9. The lowest BCUT2D eigenvalue weighted by Gasteiger charge is -2.39. The van der Waals surface area contributed by atoms with E-state index < -0.39 is 11.1 Å². The van der Waals surface area contributed by atoms with Gasteiger partial charge in [0.2, 0.25) is 11.8 Å². The summed E-state index contributed by atoms with van der Waals surface area (Å²) in [6, 6.07) is 13.9. The summed E-state index contributed by atoms with van der Waals surface area (Å²) in [6.07, 6.45) is 2.59. The minimum Gasteiger partial charge on any atom is -0.364 e. The number of anilines is 2. The highest BCUT2D eigenvalue weighted by Gasteiger charge is 2.35. The second kappa shape index (κ2) is 16.0. The number of aryl methyl sites for hydroxylation is 3. The number of benzene rings is 2. The molecule has 2 rings (SSSR count). The van der Waals surface area contributed by atoms with Crippen molar-refractivity contribution < 1.29 is 19.1 Å². The van der Waals surface area contributed by atoms with E-state index in [1.54, 1.807) is 30.9 Å². The largest absolute Gasteiger partial charge is 0.364 e. The summed E-state index contributed by atoms with van der Waals surface area (Å²) in [5.41, 5.74) is 4.45. The predicted molar refractivity (Wildman–Crippen MR) is 155 cm³/mol. The van der Waals surface area contributed by atoms with Crippen LogP contribution in [0.25, 0.3) is 0 Å². The fourth-order valence-corrected chi connectivity index (χ4v) is 4.24. The maximum absolute atomic E-state index is 12.4. The molecule has 0 saturated heterocycles. The van der Waals surface area contributed by atoms with Crippen LogP contribution in [-0.4, -0.2) is 49.7 Å². The molecule has 0 radical (unpaired) electrons. The van der Waals surface area contributed by atoms with Gasteiger partial charge < -0.3 is 9.47 Å². The first-order valence-corrected chi connectivity index (χ1v) is 13.6. The molecule has 37 heavy (non-hydrogen) atoms. The molecule has 2 amide bonds. The third kappa shape index (κ3) is 8.71. The maximum Gasteiger partial charge on any atom is 0.247 e. The number of para-hydroxylation sites is 2. The number of carbonyl (C=O) groups excluding carboxylic acids is 2. The van der Waals surface area contributed by atoms with Crippen molar-refractivity contribution in [1.29, 1.82) is 0 Å². The smallest absolute Gasteiger partial charge is 0.247 e. The molecule has 0 fully saturated rings. The number of halogens is 2. The molecule has 8 heteroatoms. The van der Waals surface area contributed by atoms with E-state index in [-0.39, 0.29) is 24.4 Å². The zero-order valence-electron chi connectivity index (χ0n) is 23.4. The quantitative estimate of drug-likeness (QED) is 0.233. The highest BCUT2D eigenvalue weighted by atomic mass is 35.5. The van der Waals surface area contributed by atoms with Crippen LogP contribution in [0.5, 0.6) is 0 Å². The highest BCUT2D eigenvalue weighted by Crippen LogP contribution is 2.30. The molecule has 0 heterocycles. The Morgan fingerprint density at radius 3 is 1.86 bits per heavy atom. The molecule has 0 aromatic heterocycles. The number of hydrogen-bond donors (Lipinski definition) is 0. The zero-order valence-corrected chi connectivity index (χ0v) is 24.9. The van der Waals surface area contributed by atoms with Crippen molar-refractivity contribution in [3.63, 3.8) is 0 Å². The van der Waals surface area contributed by atoms with Gasteiger partial charge in [0.25, 0.3) is 0 Å². The van der Waals surface area contributed by atoms with Crippen LogP contribution in [0.2, 0.25) is 0 Å². The van der Waals surface area contributed by atoms with E-state index in [2.05, 4.69) is 20.8 Å². The summed E-state index contributed by atoms with van der Waals surface area (Å²) in [6.45, 7) is 11.8. The van der Waals surface area contributed by atoms with Gasteiger partial charge in [-0.3, -0.25) is 19.4 Å². The second-order valence-electron chi connectivity index (χ2n) is 8.93. The second-order valence-corrected chi connectivity index (χ2v) is 9.85. The molecule has 0 saturated carbocycles. The van der Waals surface area contributed by atoms with Gasteiger partial charge in [0.15, 0.2) is 0 Å². The van der Waals surface area contributed by atoms with Crippen LogP contribution in [-0.2, 0) is 38.3 Å². The molecule has 0 aliphatic rings. The van der Waals surface area contributed by atoms with E-state index >= 15 is 0 Å². The molecule has 0 N–H and O–H groups in total. The summed E-state index contributed by atoms with van der Waals surface area (Å²) >= 11 is 11.7. The average Bonchev–Trinajstić information content (AvgIpc) is 2.91. The van der Waals surface area contributed by atoms with Crippen molar-refractivity contribution >= 4 is 46.4 Å². The van der Waals surface area contributed by atoms with E-state index in [1.807, 2.05) is 56.3 Å². The van der Waals surface area contributed by atoms with Crippen LogP contribution in [0.4, 0.5) is 11.4 Å². The first-order chi connectivity index (χ1) is 17.5. The molecule has 0 spiro atoms. The number of methoxy groups -OCH3 is 2. The van der Waals surface area contributed by atoms with Gasteiger partial charge in [0.05, 0.1) is 5.69 Å². The Morgan fingerprint density at radius 2 is 1.43 bits per heavy atom. The van der Waals surface area contributed by atoms with E-state index in [9.17, 15) is 9.59 Å². The van der Waals surface area contributed by atoms with Crippen molar-refractivity contribution in [3.8, 4) is 0 Å². The van der Waals surface area contributed by atoms with Gasteiger partial charge >= 0.3 is 0 Å². The van der Waals surface area contributed by atoms with Crippen LogP contribution in [0.3, 0.4) is 0 Å². The Hall–Kier alpha value is -2.12. The van der Waals surface area contributed by atoms with Crippen LogP contribution in [0.15, 0.2) is 42.5 Å². The number of ether oxygens (including phenoxy) is 2. The minimum atomic E-state index is -0.745. The van der Waals surface area contributed by atoms with Gasteiger partial charge in [-0.25, -0.2) is 0 Å². The Morgan fingerprint density at radius 1 is 0.919 bits per heavy atom. The Kier molecular flexibility index (Phi) is 14.2. The SMILES string of the molecule is CCc1cccc(CC)c1N(COC)C(=O)CCl.CCc1ccccc1N(C(=O)C(C)Cl)C(C)(C)OC. The lowest BCUT2D eigenvalue weighted by atomic mass is 10.0.